The van der Waals surface area contributed by atoms with Crippen LogP contribution < -0.4 is 5.32 Å². The van der Waals surface area contributed by atoms with Crippen molar-refractivity contribution in [1.29, 1.82) is 0 Å². The highest BCUT2D eigenvalue weighted by atomic mass is 79.9. The van der Waals surface area contributed by atoms with E-state index in [1.165, 1.54) is 6.07 Å². The Labute approximate surface area is 145 Å². The van der Waals surface area contributed by atoms with Gasteiger partial charge in [0.15, 0.2) is 0 Å². The summed E-state index contributed by atoms with van der Waals surface area (Å²) in [5.74, 6) is -1.50. The number of amides is 1. The Hall–Kier alpha value is -1.18. The van der Waals surface area contributed by atoms with Crippen LogP contribution in [0, 0.1) is 0 Å². The van der Waals surface area contributed by atoms with Crippen LogP contribution in [-0.2, 0) is 0 Å². The monoisotopic (exact) mass is 475 g/mol. The highest BCUT2D eigenvalue weighted by molar-refractivity contribution is 9.11. The molecule has 108 valence electrons. The van der Waals surface area contributed by atoms with Crippen molar-refractivity contribution in [1.82, 2.24) is 0 Å². The molecule has 0 heterocycles. The van der Waals surface area contributed by atoms with Gasteiger partial charge in [0.05, 0.1) is 16.8 Å². The van der Waals surface area contributed by atoms with Crippen LogP contribution in [-0.4, -0.2) is 17.0 Å². The summed E-state index contributed by atoms with van der Waals surface area (Å²) in [5.41, 5.74) is 0.672. The van der Waals surface area contributed by atoms with Gasteiger partial charge in [-0.05, 0) is 52.3 Å². The molecule has 1 amide bonds. The highest BCUT2D eigenvalue weighted by Crippen LogP contribution is 2.25. The van der Waals surface area contributed by atoms with Gasteiger partial charge in [0.2, 0.25) is 0 Å². The zero-order chi connectivity index (χ0) is 15.6. The molecule has 0 saturated heterocycles. The number of anilines is 1. The average Bonchev–Trinajstić information content (AvgIpc) is 2.37. The van der Waals surface area contributed by atoms with Crippen molar-refractivity contribution < 1.29 is 14.7 Å². The minimum absolute atomic E-state index is 0.0276. The van der Waals surface area contributed by atoms with Gasteiger partial charge in [-0.3, -0.25) is 4.79 Å². The maximum atomic E-state index is 12.3. The lowest BCUT2D eigenvalue weighted by atomic mass is 10.1. The Kier molecular flexibility index (Phi) is 5.18. The fraction of sp³-hybridized carbons (Fsp3) is 0. The number of benzene rings is 2. The molecule has 2 rings (SSSR count). The van der Waals surface area contributed by atoms with E-state index >= 15 is 0 Å². The maximum absolute atomic E-state index is 12.3. The first kappa shape index (κ1) is 16.2. The topological polar surface area (TPSA) is 66.4 Å². The van der Waals surface area contributed by atoms with E-state index in [9.17, 15) is 9.59 Å². The smallest absolute Gasteiger partial charge is 0.337 e. The van der Waals surface area contributed by atoms with Crippen LogP contribution in [0.1, 0.15) is 20.7 Å². The molecule has 0 aromatic heterocycles. The minimum atomic E-state index is -1.10. The Bertz CT molecular complexity index is 731. The third-order valence-electron chi connectivity index (χ3n) is 2.64. The van der Waals surface area contributed by atoms with Gasteiger partial charge < -0.3 is 10.4 Å². The molecule has 2 N–H and O–H groups in total. The summed E-state index contributed by atoms with van der Waals surface area (Å²) < 4.78 is 2.12. The van der Waals surface area contributed by atoms with Gasteiger partial charge >= 0.3 is 5.97 Å². The summed E-state index contributed by atoms with van der Waals surface area (Å²) in [7, 11) is 0. The molecule has 21 heavy (non-hydrogen) atoms. The lowest BCUT2D eigenvalue weighted by Crippen LogP contribution is -2.15. The van der Waals surface area contributed by atoms with E-state index < -0.39 is 11.9 Å². The predicted molar refractivity (Wildman–Crippen MR) is 90.9 cm³/mol. The Morgan fingerprint density at radius 3 is 2.05 bits per heavy atom. The van der Waals surface area contributed by atoms with E-state index in [0.717, 1.165) is 4.47 Å². The number of hydrogen-bond donors (Lipinski definition) is 2. The molecule has 0 saturated carbocycles. The molecule has 0 spiro atoms. The van der Waals surface area contributed by atoms with Gasteiger partial charge in [0.1, 0.15) is 0 Å². The second kappa shape index (κ2) is 6.72. The van der Waals surface area contributed by atoms with Crippen molar-refractivity contribution in [3.05, 3.63) is 60.9 Å². The number of carbonyl (C=O) groups excluding carboxylic acids is 1. The molecule has 0 fully saturated rings. The second-order valence-corrected chi connectivity index (χ2v) is 6.76. The summed E-state index contributed by atoms with van der Waals surface area (Å²) in [4.78, 5) is 23.4. The van der Waals surface area contributed by atoms with Crippen molar-refractivity contribution in [3.8, 4) is 0 Å². The van der Waals surface area contributed by atoms with E-state index in [1.54, 1.807) is 30.3 Å². The number of rotatable bonds is 3. The summed E-state index contributed by atoms with van der Waals surface area (Å²) >= 11 is 9.87. The summed E-state index contributed by atoms with van der Waals surface area (Å²) in [5, 5.41) is 11.8. The summed E-state index contributed by atoms with van der Waals surface area (Å²) in [6.45, 7) is 0. The van der Waals surface area contributed by atoms with Gasteiger partial charge in [-0.25, -0.2) is 4.79 Å². The van der Waals surface area contributed by atoms with Crippen LogP contribution in [0.2, 0.25) is 0 Å². The Balaban J connectivity index is 2.35. The molecule has 0 aliphatic carbocycles. The number of carboxylic acids is 1. The normalized spacial score (nSPS) is 10.2. The molecule has 4 nitrogen and oxygen atoms in total. The SMILES string of the molecule is O=C(Nc1cc(Br)ccc1C(=O)O)c1ccc(Br)cc1Br. The molecule has 2 aromatic carbocycles. The van der Waals surface area contributed by atoms with Gasteiger partial charge in [-0.2, -0.15) is 0 Å². The van der Waals surface area contributed by atoms with Gasteiger partial charge in [-0.1, -0.05) is 31.9 Å². The number of hydrogen-bond acceptors (Lipinski definition) is 2. The second-order valence-electron chi connectivity index (χ2n) is 4.07. The van der Waals surface area contributed by atoms with Crippen LogP contribution in [0.15, 0.2) is 49.8 Å². The molecule has 0 unspecified atom stereocenters. The molecule has 0 radical (unpaired) electrons. The first-order valence-electron chi connectivity index (χ1n) is 5.67. The first-order valence-corrected chi connectivity index (χ1v) is 8.05. The van der Waals surface area contributed by atoms with Gasteiger partial charge in [0.25, 0.3) is 5.91 Å². The number of aromatic carboxylic acids is 1. The molecule has 0 aliphatic heterocycles. The number of halogens is 3. The molecule has 0 aliphatic rings. The van der Waals surface area contributed by atoms with E-state index in [4.69, 9.17) is 5.11 Å². The van der Waals surface area contributed by atoms with Gasteiger partial charge in [0, 0.05) is 13.4 Å². The molecule has 0 bridgehead atoms. The number of carbonyl (C=O) groups is 2. The zero-order valence-electron chi connectivity index (χ0n) is 10.4. The number of carboxylic acid groups (broad SMARTS) is 1. The summed E-state index contributed by atoms with van der Waals surface area (Å²) in [6, 6.07) is 9.70. The molecular formula is C14H8Br3NO3. The Morgan fingerprint density at radius 1 is 0.905 bits per heavy atom. The van der Waals surface area contributed by atoms with Crippen molar-refractivity contribution in [3.63, 3.8) is 0 Å². The van der Waals surface area contributed by atoms with Gasteiger partial charge in [-0.15, -0.1) is 0 Å². The lowest BCUT2D eigenvalue weighted by Gasteiger charge is -2.10. The van der Waals surface area contributed by atoms with E-state index in [-0.39, 0.29) is 11.3 Å². The molecule has 7 heteroatoms. The average molecular weight is 478 g/mol. The van der Waals surface area contributed by atoms with Crippen LogP contribution in [0.3, 0.4) is 0 Å². The van der Waals surface area contributed by atoms with Crippen LogP contribution in [0.5, 0.6) is 0 Å². The molecule has 2 aromatic rings. The molecular weight excluding hydrogens is 470 g/mol. The quantitative estimate of drug-likeness (QED) is 0.659. The Morgan fingerprint density at radius 2 is 1.48 bits per heavy atom. The highest BCUT2D eigenvalue weighted by Gasteiger charge is 2.15. The van der Waals surface area contributed by atoms with Crippen molar-refractivity contribution in [2.75, 3.05) is 5.32 Å². The predicted octanol–water partition coefficient (Wildman–Crippen LogP) is 4.92. The first-order chi connectivity index (χ1) is 9.88. The third kappa shape index (κ3) is 3.93. The van der Waals surface area contributed by atoms with Crippen molar-refractivity contribution in [2.45, 2.75) is 0 Å². The fourth-order valence-corrected chi connectivity index (χ4v) is 3.26. The third-order valence-corrected chi connectivity index (χ3v) is 4.28. The van der Waals surface area contributed by atoms with Crippen molar-refractivity contribution in [2.24, 2.45) is 0 Å². The van der Waals surface area contributed by atoms with Crippen LogP contribution in [0.25, 0.3) is 0 Å². The standard InChI is InChI=1S/C14H8Br3NO3/c15-7-1-3-9(11(17)5-7)13(19)18-12-6-8(16)2-4-10(12)14(20)21/h1-6H,(H,18,19)(H,20,21). The lowest BCUT2D eigenvalue weighted by molar-refractivity contribution is 0.0698. The fourth-order valence-electron chi connectivity index (χ4n) is 1.67. The minimum Gasteiger partial charge on any atom is -0.478 e. The molecule has 0 atom stereocenters. The van der Waals surface area contributed by atoms with E-state index in [2.05, 4.69) is 53.1 Å². The van der Waals surface area contributed by atoms with E-state index in [0.29, 0.717) is 14.5 Å². The van der Waals surface area contributed by atoms with Crippen LogP contribution >= 0.6 is 47.8 Å². The zero-order valence-corrected chi connectivity index (χ0v) is 15.1. The maximum Gasteiger partial charge on any atom is 0.337 e. The largest absolute Gasteiger partial charge is 0.478 e. The number of nitrogens with one attached hydrogen (secondary N) is 1. The van der Waals surface area contributed by atoms with Crippen molar-refractivity contribution >= 4 is 65.4 Å². The summed E-state index contributed by atoms with van der Waals surface area (Å²) in [6.07, 6.45) is 0. The van der Waals surface area contributed by atoms with E-state index in [1.807, 2.05) is 0 Å². The van der Waals surface area contributed by atoms with Crippen LogP contribution in [0.4, 0.5) is 5.69 Å².